The zero-order valence-corrected chi connectivity index (χ0v) is 15.7. The Bertz CT molecular complexity index is 971. The Balaban J connectivity index is 1.63. The molecule has 2 heterocycles. The number of oxazole rings is 1. The van der Waals surface area contributed by atoms with E-state index in [9.17, 15) is 8.42 Å². The standard InChI is InChI=1S/C18H18ClN3O3S/c1-13-17(12-26(19,23)24)22-18(25-13)16-6-4-14(5-7-16)9-21-11-15-3-2-8-20-10-15/h2-8,10,21H,9,11-12H2,1H3. The van der Waals surface area contributed by atoms with E-state index in [0.29, 0.717) is 17.3 Å². The fourth-order valence-corrected chi connectivity index (χ4v) is 3.37. The molecule has 0 amide bonds. The van der Waals surface area contributed by atoms with E-state index in [4.69, 9.17) is 15.1 Å². The molecular formula is C18H18ClN3O3S. The molecule has 1 N–H and O–H groups in total. The molecule has 0 aliphatic carbocycles. The summed E-state index contributed by atoms with van der Waals surface area (Å²) in [6.45, 7) is 3.13. The molecule has 8 heteroatoms. The van der Waals surface area contributed by atoms with Gasteiger partial charge in [0.2, 0.25) is 14.9 Å². The van der Waals surface area contributed by atoms with Gasteiger partial charge < -0.3 is 9.73 Å². The Hall–Kier alpha value is -2.22. The zero-order valence-electron chi connectivity index (χ0n) is 14.1. The molecule has 0 radical (unpaired) electrons. The van der Waals surface area contributed by atoms with Gasteiger partial charge in [-0.3, -0.25) is 4.98 Å². The molecule has 0 aliphatic heterocycles. The Labute approximate surface area is 156 Å². The summed E-state index contributed by atoms with van der Waals surface area (Å²) in [5.41, 5.74) is 3.35. The van der Waals surface area contributed by atoms with Crippen LogP contribution in [0.5, 0.6) is 0 Å². The van der Waals surface area contributed by atoms with Crippen molar-refractivity contribution in [1.29, 1.82) is 0 Å². The maximum atomic E-state index is 11.2. The van der Waals surface area contributed by atoms with E-state index in [1.807, 2.05) is 42.6 Å². The highest BCUT2D eigenvalue weighted by atomic mass is 35.7. The van der Waals surface area contributed by atoms with Gasteiger partial charge in [0, 0.05) is 41.7 Å². The van der Waals surface area contributed by atoms with Crippen molar-refractivity contribution >= 4 is 19.7 Å². The maximum Gasteiger partial charge on any atom is 0.238 e. The van der Waals surface area contributed by atoms with Crippen LogP contribution in [0.15, 0.2) is 53.2 Å². The van der Waals surface area contributed by atoms with Crippen LogP contribution in [0.4, 0.5) is 0 Å². The summed E-state index contributed by atoms with van der Waals surface area (Å²) in [5.74, 6) is 0.486. The smallest absolute Gasteiger partial charge is 0.238 e. The van der Waals surface area contributed by atoms with Gasteiger partial charge in [0.05, 0.1) is 5.69 Å². The molecule has 0 bridgehead atoms. The molecule has 0 atom stereocenters. The number of nitrogens with zero attached hydrogens (tertiary/aromatic N) is 2. The molecule has 26 heavy (non-hydrogen) atoms. The quantitative estimate of drug-likeness (QED) is 0.621. The van der Waals surface area contributed by atoms with Crippen LogP contribution in [0.2, 0.25) is 0 Å². The number of hydrogen-bond acceptors (Lipinski definition) is 6. The van der Waals surface area contributed by atoms with Crippen LogP contribution >= 0.6 is 10.7 Å². The van der Waals surface area contributed by atoms with Crippen LogP contribution in [-0.4, -0.2) is 18.4 Å². The van der Waals surface area contributed by atoms with Crippen molar-refractivity contribution in [2.45, 2.75) is 25.8 Å². The Morgan fingerprint density at radius 2 is 1.85 bits per heavy atom. The first-order chi connectivity index (χ1) is 12.4. The lowest BCUT2D eigenvalue weighted by atomic mass is 10.1. The van der Waals surface area contributed by atoms with Crippen LogP contribution in [-0.2, 0) is 27.9 Å². The lowest BCUT2D eigenvalue weighted by Gasteiger charge is -2.05. The van der Waals surface area contributed by atoms with Crippen molar-refractivity contribution in [1.82, 2.24) is 15.3 Å². The van der Waals surface area contributed by atoms with E-state index in [2.05, 4.69) is 15.3 Å². The number of aryl methyl sites for hydroxylation is 1. The van der Waals surface area contributed by atoms with Crippen LogP contribution in [0.1, 0.15) is 22.6 Å². The van der Waals surface area contributed by atoms with E-state index >= 15 is 0 Å². The van der Waals surface area contributed by atoms with Crippen molar-refractivity contribution in [3.05, 3.63) is 71.4 Å². The first-order valence-corrected chi connectivity index (χ1v) is 10.5. The van der Waals surface area contributed by atoms with Gasteiger partial charge in [0.15, 0.2) is 0 Å². The minimum absolute atomic E-state index is 0.331. The summed E-state index contributed by atoms with van der Waals surface area (Å²) in [7, 11) is 1.62. The summed E-state index contributed by atoms with van der Waals surface area (Å²) in [4.78, 5) is 8.33. The normalized spacial score (nSPS) is 11.6. The van der Waals surface area contributed by atoms with Gasteiger partial charge in [-0.25, -0.2) is 13.4 Å². The summed E-state index contributed by atoms with van der Waals surface area (Å²) >= 11 is 0. The highest BCUT2D eigenvalue weighted by Gasteiger charge is 2.17. The second-order valence-electron chi connectivity index (χ2n) is 5.87. The largest absolute Gasteiger partial charge is 0.441 e. The van der Waals surface area contributed by atoms with Gasteiger partial charge in [-0.2, -0.15) is 0 Å². The molecule has 136 valence electrons. The van der Waals surface area contributed by atoms with Crippen molar-refractivity contribution in [2.24, 2.45) is 0 Å². The first-order valence-electron chi connectivity index (χ1n) is 7.98. The topological polar surface area (TPSA) is 85.1 Å². The third-order valence-corrected chi connectivity index (χ3v) is 4.73. The molecule has 0 fully saturated rings. The van der Waals surface area contributed by atoms with E-state index < -0.39 is 9.05 Å². The van der Waals surface area contributed by atoms with E-state index in [-0.39, 0.29) is 5.75 Å². The number of hydrogen-bond donors (Lipinski definition) is 1. The first kappa shape index (κ1) is 18.6. The van der Waals surface area contributed by atoms with Crippen LogP contribution in [0.25, 0.3) is 11.5 Å². The second-order valence-corrected chi connectivity index (χ2v) is 8.64. The minimum Gasteiger partial charge on any atom is -0.441 e. The van der Waals surface area contributed by atoms with Crippen LogP contribution in [0, 0.1) is 6.92 Å². The predicted octanol–water partition coefficient (Wildman–Crippen LogP) is 3.40. The average Bonchev–Trinajstić information content (AvgIpc) is 2.95. The molecular weight excluding hydrogens is 374 g/mol. The third-order valence-electron chi connectivity index (χ3n) is 3.78. The Kier molecular flexibility index (Phi) is 5.70. The summed E-state index contributed by atoms with van der Waals surface area (Å²) < 4.78 is 28.0. The number of rotatable bonds is 7. The molecule has 0 saturated heterocycles. The number of benzene rings is 1. The highest BCUT2D eigenvalue weighted by molar-refractivity contribution is 8.13. The van der Waals surface area contributed by atoms with Crippen molar-refractivity contribution in [3.8, 4) is 11.5 Å². The Morgan fingerprint density at radius 1 is 1.12 bits per heavy atom. The van der Waals surface area contributed by atoms with E-state index in [1.54, 1.807) is 13.1 Å². The second kappa shape index (κ2) is 7.99. The van der Waals surface area contributed by atoms with Gasteiger partial charge in [-0.05, 0) is 36.2 Å². The summed E-state index contributed by atoms with van der Waals surface area (Å²) in [6, 6.07) is 11.7. The third kappa shape index (κ3) is 5.14. The number of halogens is 1. The molecule has 2 aromatic heterocycles. The van der Waals surface area contributed by atoms with Crippen molar-refractivity contribution < 1.29 is 12.8 Å². The number of nitrogens with one attached hydrogen (secondary N) is 1. The predicted molar refractivity (Wildman–Crippen MR) is 99.9 cm³/mol. The van der Waals surface area contributed by atoms with Gasteiger partial charge in [-0.1, -0.05) is 18.2 Å². The van der Waals surface area contributed by atoms with Gasteiger partial charge in [0.25, 0.3) is 0 Å². The minimum atomic E-state index is -3.67. The summed E-state index contributed by atoms with van der Waals surface area (Å²) in [5, 5.41) is 3.36. The lowest BCUT2D eigenvalue weighted by Crippen LogP contribution is -2.12. The Morgan fingerprint density at radius 3 is 2.50 bits per heavy atom. The molecule has 6 nitrogen and oxygen atoms in total. The lowest BCUT2D eigenvalue weighted by molar-refractivity contribution is 0.540. The fourth-order valence-electron chi connectivity index (χ4n) is 2.47. The van der Waals surface area contributed by atoms with Gasteiger partial charge in [0.1, 0.15) is 11.5 Å². The highest BCUT2D eigenvalue weighted by Crippen LogP contribution is 2.24. The van der Waals surface area contributed by atoms with E-state index in [1.165, 1.54) is 0 Å². The molecule has 3 aromatic rings. The van der Waals surface area contributed by atoms with Crippen molar-refractivity contribution in [2.75, 3.05) is 0 Å². The van der Waals surface area contributed by atoms with Crippen LogP contribution < -0.4 is 5.32 Å². The summed E-state index contributed by atoms with van der Waals surface area (Å²) in [6.07, 6.45) is 3.58. The molecule has 1 aromatic carbocycles. The van der Waals surface area contributed by atoms with E-state index in [0.717, 1.165) is 29.8 Å². The molecule has 3 rings (SSSR count). The zero-order chi connectivity index (χ0) is 18.6. The van der Waals surface area contributed by atoms with Gasteiger partial charge in [-0.15, -0.1) is 0 Å². The molecule has 0 aliphatic rings. The molecule has 0 saturated carbocycles. The molecule has 0 unspecified atom stereocenters. The van der Waals surface area contributed by atoms with Gasteiger partial charge >= 0.3 is 0 Å². The molecule has 0 spiro atoms. The maximum absolute atomic E-state index is 11.2. The number of pyridine rings is 1. The van der Waals surface area contributed by atoms with Crippen molar-refractivity contribution in [3.63, 3.8) is 0 Å². The number of aromatic nitrogens is 2. The fraction of sp³-hybridized carbons (Fsp3) is 0.222. The average molecular weight is 392 g/mol. The monoisotopic (exact) mass is 391 g/mol. The SMILES string of the molecule is Cc1oc(-c2ccc(CNCc3cccnc3)cc2)nc1CS(=O)(=O)Cl. The van der Waals surface area contributed by atoms with Crippen LogP contribution in [0.3, 0.4) is 0 Å².